The molecular weight excluding hydrogens is 296 g/mol. The van der Waals surface area contributed by atoms with E-state index >= 15 is 0 Å². The molecule has 0 radical (unpaired) electrons. The molecule has 1 atom stereocenters. The molecule has 1 aliphatic heterocycles. The van der Waals surface area contributed by atoms with Crippen LogP contribution in [-0.4, -0.2) is 36.6 Å². The maximum atomic E-state index is 12.5. The lowest BCUT2D eigenvalue weighted by Crippen LogP contribution is -2.24. The molecule has 1 aliphatic rings. The summed E-state index contributed by atoms with van der Waals surface area (Å²) in [6.45, 7) is 0.849. The second-order valence-electron chi connectivity index (χ2n) is 3.86. The van der Waals surface area contributed by atoms with Gasteiger partial charge < -0.3 is 9.64 Å². The van der Waals surface area contributed by atoms with Crippen LogP contribution in [-0.2, 0) is 0 Å². The summed E-state index contributed by atoms with van der Waals surface area (Å²) < 4.78 is 30.8. The zero-order valence-corrected chi connectivity index (χ0v) is 10.8. The topological polar surface area (TPSA) is 38.2 Å². The average Bonchev–Trinajstić information content (AvgIpc) is 2.79. The summed E-state index contributed by atoms with van der Waals surface area (Å²) >= 11 is 3.25. The van der Waals surface area contributed by atoms with Crippen molar-refractivity contribution in [3.63, 3.8) is 0 Å². The summed E-state index contributed by atoms with van der Waals surface area (Å²) in [6.07, 6.45) is -0.242. The third kappa shape index (κ3) is 2.65. The van der Waals surface area contributed by atoms with Gasteiger partial charge in [0.15, 0.2) is 0 Å². The SMILES string of the molecule is COc1nc(N2CCC(C(F)F)C2)ncc1Br. The van der Waals surface area contributed by atoms with Crippen molar-refractivity contribution < 1.29 is 13.5 Å². The third-order valence-corrected chi connectivity index (χ3v) is 3.30. The molecule has 2 rings (SSSR count). The zero-order valence-electron chi connectivity index (χ0n) is 9.24. The maximum absolute atomic E-state index is 12.5. The van der Waals surface area contributed by atoms with Crippen LogP contribution in [0.5, 0.6) is 5.88 Å². The van der Waals surface area contributed by atoms with Crippen LogP contribution < -0.4 is 9.64 Å². The Labute approximate surface area is 106 Å². The quantitative estimate of drug-likeness (QED) is 0.859. The predicted molar refractivity (Wildman–Crippen MR) is 62.6 cm³/mol. The number of methoxy groups -OCH3 is 1. The summed E-state index contributed by atoms with van der Waals surface area (Å²) in [4.78, 5) is 10.0. The first-order chi connectivity index (χ1) is 8.11. The fourth-order valence-corrected chi connectivity index (χ4v) is 2.17. The van der Waals surface area contributed by atoms with Gasteiger partial charge in [-0.1, -0.05) is 0 Å². The Balaban J connectivity index is 2.13. The lowest BCUT2D eigenvalue weighted by atomic mass is 10.1. The fourth-order valence-electron chi connectivity index (χ4n) is 1.81. The Hall–Kier alpha value is -0.980. The van der Waals surface area contributed by atoms with E-state index < -0.39 is 12.3 Å². The van der Waals surface area contributed by atoms with E-state index in [-0.39, 0.29) is 0 Å². The van der Waals surface area contributed by atoms with Crippen LogP contribution in [0.25, 0.3) is 0 Å². The van der Waals surface area contributed by atoms with Crippen molar-refractivity contribution in [3.8, 4) is 5.88 Å². The highest BCUT2D eigenvalue weighted by molar-refractivity contribution is 9.10. The van der Waals surface area contributed by atoms with Gasteiger partial charge >= 0.3 is 0 Å². The van der Waals surface area contributed by atoms with Gasteiger partial charge in [-0.15, -0.1) is 0 Å². The highest BCUT2D eigenvalue weighted by atomic mass is 79.9. The number of alkyl halides is 2. The normalized spacial score (nSPS) is 20.1. The molecule has 0 amide bonds. The fraction of sp³-hybridized carbons (Fsp3) is 0.600. The molecule has 1 saturated heterocycles. The molecular formula is C10H12BrF2N3O. The summed E-state index contributed by atoms with van der Waals surface area (Å²) in [5.74, 6) is 0.261. The van der Waals surface area contributed by atoms with E-state index in [0.717, 1.165) is 0 Å². The monoisotopic (exact) mass is 307 g/mol. The Bertz CT molecular complexity index is 405. The van der Waals surface area contributed by atoms with Crippen LogP contribution in [0.4, 0.5) is 14.7 Å². The van der Waals surface area contributed by atoms with Crippen molar-refractivity contribution in [2.24, 2.45) is 5.92 Å². The average molecular weight is 308 g/mol. The van der Waals surface area contributed by atoms with Gasteiger partial charge in [0.2, 0.25) is 18.3 Å². The van der Waals surface area contributed by atoms with Crippen molar-refractivity contribution in [3.05, 3.63) is 10.7 Å². The van der Waals surface area contributed by atoms with E-state index in [4.69, 9.17) is 4.74 Å². The van der Waals surface area contributed by atoms with Gasteiger partial charge in [-0.3, -0.25) is 0 Å². The minimum Gasteiger partial charge on any atom is -0.480 e. The first-order valence-corrected chi connectivity index (χ1v) is 6.00. The van der Waals surface area contributed by atoms with Gasteiger partial charge in [0.05, 0.1) is 17.8 Å². The van der Waals surface area contributed by atoms with Crippen LogP contribution in [0.3, 0.4) is 0 Å². The van der Waals surface area contributed by atoms with Gasteiger partial charge in [0, 0.05) is 19.0 Å². The number of nitrogens with zero attached hydrogens (tertiary/aromatic N) is 3. The van der Waals surface area contributed by atoms with E-state index in [2.05, 4.69) is 25.9 Å². The smallest absolute Gasteiger partial charge is 0.243 e. The lowest BCUT2D eigenvalue weighted by molar-refractivity contribution is 0.0879. The van der Waals surface area contributed by atoms with E-state index in [0.29, 0.717) is 35.8 Å². The van der Waals surface area contributed by atoms with Crippen molar-refractivity contribution in [2.75, 3.05) is 25.1 Å². The minimum atomic E-state index is -2.28. The van der Waals surface area contributed by atoms with Gasteiger partial charge in [0.25, 0.3) is 0 Å². The van der Waals surface area contributed by atoms with Crippen molar-refractivity contribution in [1.29, 1.82) is 0 Å². The lowest BCUT2D eigenvalue weighted by Gasteiger charge is -2.16. The predicted octanol–water partition coefficient (Wildman–Crippen LogP) is 2.34. The molecule has 17 heavy (non-hydrogen) atoms. The van der Waals surface area contributed by atoms with Gasteiger partial charge in [0.1, 0.15) is 0 Å². The van der Waals surface area contributed by atoms with E-state index in [1.165, 1.54) is 7.11 Å². The minimum absolute atomic E-state index is 0.294. The number of halogens is 3. The number of anilines is 1. The van der Waals surface area contributed by atoms with Crippen LogP contribution in [0.15, 0.2) is 10.7 Å². The molecule has 0 N–H and O–H groups in total. The first-order valence-electron chi connectivity index (χ1n) is 5.21. The standard InChI is InChI=1S/C10H12BrF2N3O/c1-17-9-7(11)4-14-10(15-9)16-3-2-6(5-16)8(12)13/h4,6,8H,2-3,5H2,1H3. The highest BCUT2D eigenvalue weighted by Gasteiger charge is 2.31. The number of aromatic nitrogens is 2. The summed E-state index contributed by atoms with van der Waals surface area (Å²) in [5.41, 5.74) is 0. The van der Waals surface area contributed by atoms with Crippen LogP contribution >= 0.6 is 15.9 Å². The molecule has 0 saturated carbocycles. The number of rotatable bonds is 3. The van der Waals surface area contributed by atoms with Crippen molar-refractivity contribution in [2.45, 2.75) is 12.8 Å². The summed E-state index contributed by atoms with van der Waals surface area (Å²) in [5, 5.41) is 0. The Kier molecular flexibility index (Phi) is 3.76. The Morgan fingerprint density at radius 3 is 2.94 bits per heavy atom. The molecule has 1 aromatic rings. The molecule has 1 fully saturated rings. The molecule has 7 heteroatoms. The molecule has 0 aliphatic carbocycles. The van der Waals surface area contributed by atoms with Crippen LogP contribution in [0.2, 0.25) is 0 Å². The number of hydrogen-bond acceptors (Lipinski definition) is 4. The molecule has 2 heterocycles. The van der Waals surface area contributed by atoms with Crippen LogP contribution in [0, 0.1) is 5.92 Å². The summed E-state index contributed by atoms with van der Waals surface area (Å²) in [7, 11) is 1.50. The number of hydrogen-bond donors (Lipinski definition) is 0. The second kappa shape index (κ2) is 5.12. The molecule has 1 unspecified atom stereocenters. The number of ether oxygens (including phenoxy) is 1. The Morgan fingerprint density at radius 1 is 1.59 bits per heavy atom. The third-order valence-electron chi connectivity index (χ3n) is 2.76. The highest BCUT2D eigenvalue weighted by Crippen LogP contribution is 2.28. The van der Waals surface area contributed by atoms with Gasteiger partial charge in [-0.05, 0) is 22.4 Å². The van der Waals surface area contributed by atoms with Crippen molar-refractivity contribution >= 4 is 21.9 Å². The van der Waals surface area contributed by atoms with Crippen LogP contribution in [0.1, 0.15) is 6.42 Å². The van der Waals surface area contributed by atoms with E-state index in [9.17, 15) is 8.78 Å². The second-order valence-corrected chi connectivity index (χ2v) is 4.71. The van der Waals surface area contributed by atoms with Gasteiger partial charge in [-0.2, -0.15) is 4.98 Å². The maximum Gasteiger partial charge on any atom is 0.243 e. The molecule has 0 spiro atoms. The largest absolute Gasteiger partial charge is 0.480 e. The molecule has 94 valence electrons. The van der Waals surface area contributed by atoms with E-state index in [1.807, 2.05) is 0 Å². The van der Waals surface area contributed by atoms with Crippen molar-refractivity contribution in [1.82, 2.24) is 9.97 Å². The molecule has 4 nitrogen and oxygen atoms in total. The van der Waals surface area contributed by atoms with Gasteiger partial charge in [-0.25, -0.2) is 13.8 Å². The Morgan fingerprint density at radius 2 is 2.35 bits per heavy atom. The zero-order chi connectivity index (χ0) is 12.4. The first kappa shape index (κ1) is 12.5. The molecule has 1 aromatic heterocycles. The molecule has 0 bridgehead atoms. The summed E-state index contributed by atoms with van der Waals surface area (Å²) in [6, 6.07) is 0. The molecule has 0 aromatic carbocycles. The van der Waals surface area contributed by atoms with E-state index in [1.54, 1.807) is 11.1 Å².